The maximum atomic E-state index is 12.4. The molecule has 0 fully saturated rings. The lowest BCUT2D eigenvalue weighted by atomic mass is 9.98. The van der Waals surface area contributed by atoms with Gasteiger partial charge in [0.1, 0.15) is 6.54 Å². The van der Waals surface area contributed by atoms with E-state index in [9.17, 15) is 9.59 Å². The van der Waals surface area contributed by atoms with E-state index in [-0.39, 0.29) is 24.0 Å². The Morgan fingerprint density at radius 1 is 1.33 bits per heavy atom. The highest BCUT2D eigenvalue weighted by atomic mass is 32.1. The van der Waals surface area contributed by atoms with Gasteiger partial charge in [0.15, 0.2) is 0 Å². The number of hydrogen-bond donors (Lipinski definition) is 1. The molecule has 0 spiro atoms. The van der Waals surface area contributed by atoms with Gasteiger partial charge in [-0.2, -0.15) is 0 Å². The van der Waals surface area contributed by atoms with Crippen LogP contribution in [0.15, 0.2) is 30.3 Å². The molecule has 0 bridgehead atoms. The highest BCUT2D eigenvalue weighted by Gasteiger charge is 2.26. The van der Waals surface area contributed by atoms with E-state index in [1.54, 1.807) is 6.92 Å². The molecule has 6 heteroatoms. The van der Waals surface area contributed by atoms with Crippen LogP contribution >= 0.6 is 12.2 Å². The summed E-state index contributed by atoms with van der Waals surface area (Å²) in [4.78, 5) is 25.2. The molecule has 21 heavy (non-hydrogen) atoms. The lowest BCUT2D eigenvalue weighted by molar-refractivity contribution is -0.148. The van der Waals surface area contributed by atoms with Crippen molar-refractivity contribution in [3.63, 3.8) is 0 Å². The number of thiocarbonyl (C=S) groups is 1. The molecule has 0 saturated heterocycles. The average molecular weight is 308 g/mol. The smallest absolute Gasteiger partial charge is 0.325 e. The van der Waals surface area contributed by atoms with Crippen molar-refractivity contribution in [3.05, 3.63) is 35.9 Å². The number of carbonyl (C=O) groups excluding carboxylic acids is 2. The van der Waals surface area contributed by atoms with Crippen LogP contribution < -0.4 is 5.73 Å². The first-order chi connectivity index (χ1) is 9.95. The van der Waals surface area contributed by atoms with Gasteiger partial charge in [0.05, 0.1) is 17.5 Å². The quantitative estimate of drug-likeness (QED) is 0.604. The van der Waals surface area contributed by atoms with Gasteiger partial charge in [-0.3, -0.25) is 9.59 Å². The average Bonchev–Trinajstić information content (AvgIpc) is 2.45. The zero-order valence-corrected chi connectivity index (χ0v) is 13.1. The monoisotopic (exact) mass is 308 g/mol. The van der Waals surface area contributed by atoms with Crippen molar-refractivity contribution < 1.29 is 14.3 Å². The summed E-state index contributed by atoms with van der Waals surface area (Å²) >= 11 is 4.99. The minimum atomic E-state index is -0.623. The van der Waals surface area contributed by atoms with Gasteiger partial charge in [0.2, 0.25) is 5.91 Å². The van der Waals surface area contributed by atoms with Crippen molar-refractivity contribution in [1.29, 1.82) is 0 Å². The molecule has 0 aliphatic heterocycles. The van der Waals surface area contributed by atoms with Gasteiger partial charge in [0, 0.05) is 7.05 Å². The lowest BCUT2D eigenvalue weighted by Gasteiger charge is -2.22. The first kappa shape index (κ1) is 17.1. The van der Waals surface area contributed by atoms with Gasteiger partial charge in [-0.25, -0.2) is 0 Å². The van der Waals surface area contributed by atoms with E-state index in [1.165, 1.54) is 11.9 Å². The molecule has 2 N–H and O–H groups in total. The summed E-state index contributed by atoms with van der Waals surface area (Å²) in [5, 5.41) is 0. The number of carbonyl (C=O) groups is 2. The van der Waals surface area contributed by atoms with Crippen LogP contribution in [0.1, 0.15) is 12.5 Å². The zero-order chi connectivity index (χ0) is 15.8. The molecule has 0 saturated carbocycles. The van der Waals surface area contributed by atoms with Crippen LogP contribution in [0.25, 0.3) is 0 Å². The van der Waals surface area contributed by atoms with E-state index in [1.807, 2.05) is 30.3 Å². The van der Waals surface area contributed by atoms with Crippen LogP contribution in [0.2, 0.25) is 0 Å². The van der Waals surface area contributed by atoms with E-state index in [0.717, 1.165) is 5.56 Å². The molecule has 0 aromatic heterocycles. The fraction of sp³-hybridized carbons (Fsp3) is 0.400. The number of hydrogen-bond acceptors (Lipinski definition) is 4. The Bertz CT molecular complexity index is 505. The van der Waals surface area contributed by atoms with Crippen LogP contribution in [0, 0.1) is 5.92 Å². The van der Waals surface area contributed by atoms with Crippen LogP contribution in [0.3, 0.4) is 0 Å². The number of likely N-dealkylation sites (N-methyl/N-ethyl adjacent to an activating group) is 1. The summed E-state index contributed by atoms with van der Waals surface area (Å²) in [5.41, 5.74) is 6.65. The molecule has 114 valence electrons. The molecule has 0 aliphatic carbocycles. The molecular formula is C15H20N2O3S. The van der Waals surface area contributed by atoms with Gasteiger partial charge in [-0.05, 0) is 18.9 Å². The van der Waals surface area contributed by atoms with Crippen molar-refractivity contribution in [1.82, 2.24) is 4.90 Å². The SMILES string of the molecule is CCOC(=O)CN(C)C(=O)C(Cc1ccccc1)C(N)=S. The maximum Gasteiger partial charge on any atom is 0.325 e. The summed E-state index contributed by atoms with van der Waals surface area (Å²) < 4.78 is 4.82. The van der Waals surface area contributed by atoms with Gasteiger partial charge < -0.3 is 15.4 Å². The fourth-order valence-electron chi connectivity index (χ4n) is 1.90. The minimum Gasteiger partial charge on any atom is -0.465 e. The fourth-order valence-corrected chi connectivity index (χ4v) is 2.09. The second kappa shape index (κ2) is 8.36. The summed E-state index contributed by atoms with van der Waals surface area (Å²) in [7, 11) is 1.54. The number of amides is 1. The van der Waals surface area contributed by atoms with Gasteiger partial charge >= 0.3 is 5.97 Å². The molecule has 1 rings (SSSR count). The number of nitrogens with two attached hydrogens (primary N) is 1. The minimum absolute atomic E-state index is 0.111. The molecule has 0 heterocycles. The lowest BCUT2D eigenvalue weighted by Crippen LogP contribution is -2.42. The topological polar surface area (TPSA) is 72.6 Å². The van der Waals surface area contributed by atoms with E-state index < -0.39 is 11.9 Å². The Hall–Kier alpha value is -1.95. The predicted molar refractivity (Wildman–Crippen MR) is 84.7 cm³/mol. The Kier molecular flexibility index (Phi) is 6.81. The Labute approximate surface area is 130 Å². The molecule has 1 atom stereocenters. The van der Waals surface area contributed by atoms with Crippen molar-refractivity contribution in [2.45, 2.75) is 13.3 Å². The normalized spacial score (nSPS) is 11.5. The standard InChI is InChI=1S/C15H20N2O3S/c1-3-20-13(18)10-17(2)15(19)12(14(16)21)9-11-7-5-4-6-8-11/h4-8,12H,3,9-10H2,1-2H3,(H2,16,21). The Morgan fingerprint density at radius 2 is 1.95 bits per heavy atom. The van der Waals surface area contributed by atoms with Crippen molar-refractivity contribution in [2.24, 2.45) is 11.7 Å². The third-order valence-electron chi connectivity index (χ3n) is 2.97. The Balaban J connectivity index is 2.73. The van der Waals surface area contributed by atoms with Crippen molar-refractivity contribution >= 4 is 29.1 Å². The Morgan fingerprint density at radius 3 is 2.48 bits per heavy atom. The van der Waals surface area contributed by atoms with Gasteiger partial charge in [-0.1, -0.05) is 42.5 Å². The molecule has 0 radical (unpaired) electrons. The maximum absolute atomic E-state index is 12.4. The number of esters is 1. The second-order valence-electron chi connectivity index (χ2n) is 4.64. The predicted octanol–water partition coefficient (Wildman–Crippen LogP) is 1.15. The molecule has 1 aromatic rings. The molecule has 1 aromatic carbocycles. The number of ether oxygens (including phenoxy) is 1. The molecule has 1 amide bonds. The number of rotatable bonds is 7. The number of nitrogens with zero attached hydrogens (tertiary/aromatic N) is 1. The third kappa shape index (κ3) is 5.51. The van der Waals surface area contributed by atoms with Crippen LogP contribution in [-0.2, 0) is 20.7 Å². The molecule has 5 nitrogen and oxygen atoms in total. The molecule has 0 aliphatic rings. The summed E-state index contributed by atoms with van der Waals surface area (Å²) in [6.45, 7) is 1.89. The van der Waals surface area contributed by atoms with Crippen LogP contribution in [0.4, 0.5) is 0 Å². The van der Waals surface area contributed by atoms with Gasteiger partial charge in [0.25, 0.3) is 0 Å². The van der Waals surface area contributed by atoms with E-state index in [2.05, 4.69) is 0 Å². The van der Waals surface area contributed by atoms with Crippen molar-refractivity contribution in [2.75, 3.05) is 20.2 Å². The first-order valence-electron chi connectivity index (χ1n) is 6.69. The highest BCUT2D eigenvalue weighted by molar-refractivity contribution is 7.80. The molecule has 1 unspecified atom stereocenters. The van der Waals surface area contributed by atoms with Crippen molar-refractivity contribution in [3.8, 4) is 0 Å². The summed E-state index contributed by atoms with van der Waals surface area (Å²) in [6, 6.07) is 9.49. The third-order valence-corrected chi connectivity index (χ3v) is 3.26. The van der Waals surface area contributed by atoms with Crippen LogP contribution in [-0.4, -0.2) is 42.0 Å². The van der Waals surface area contributed by atoms with E-state index in [0.29, 0.717) is 6.42 Å². The van der Waals surface area contributed by atoms with E-state index >= 15 is 0 Å². The largest absolute Gasteiger partial charge is 0.465 e. The van der Waals surface area contributed by atoms with Gasteiger partial charge in [-0.15, -0.1) is 0 Å². The van der Waals surface area contributed by atoms with E-state index in [4.69, 9.17) is 22.7 Å². The number of benzene rings is 1. The highest BCUT2D eigenvalue weighted by Crippen LogP contribution is 2.12. The second-order valence-corrected chi connectivity index (χ2v) is 5.12. The zero-order valence-electron chi connectivity index (χ0n) is 12.2. The summed E-state index contributed by atoms with van der Waals surface area (Å²) in [6.07, 6.45) is 0.419. The summed E-state index contributed by atoms with van der Waals surface area (Å²) in [5.74, 6) is -1.35. The van der Waals surface area contributed by atoms with Crippen LogP contribution in [0.5, 0.6) is 0 Å². The molecular weight excluding hydrogens is 288 g/mol. The first-order valence-corrected chi connectivity index (χ1v) is 7.10.